The maximum Gasteiger partial charge on any atom is 0.315 e. The summed E-state index contributed by atoms with van der Waals surface area (Å²) < 4.78 is 4.81. The van der Waals surface area contributed by atoms with Crippen LogP contribution in [0.15, 0.2) is 24.3 Å². The average molecular weight is 274 g/mol. The van der Waals surface area contributed by atoms with E-state index in [0.29, 0.717) is 18.7 Å². The van der Waals surface area contributed by atoms with Gasteiger partial charge in [-0.05, 0) is 19.1 Å². The van der Waals surface area contributed by atoms with E-state index in [9.17, 15) is 9.59 Å². The average Bonchev–Trinajstić information content (AvgIpc) is 2.44. The summed E-state index contributed by atoms with van der Waals surface area (Å²) in [5, 5.41) is 5.23. The fourth-order valence-electron chi connectivity index (χ4n) is 1.39. The Morgan fingerprint density at radius 3 is 2.50 bits per heavy atom. The van der Waals surface area contributed by atoms with Crippen molar-refractivity contribution < 1.29 is 14.3 Å². The Morgan fingerprint density at radius 1 is 1.20 bits per heavy atom. The van der Waals surface area contributed by atoms with Crippen LogP contribution < -0.4 is 10.6 Å². The van der Waals surface area contributed by atoms with Crippen LogP contribution in [0.5, 0.6) is 0 Å². The van der Waals surface area contributed by atoms with E-state index < -0.39 is 0 Å². The number of rotatable bonds is 5. The van der Waals surface area contributed by atoms with Crippen LogP contribution in [0.3, 0.4) is 0 Å². The summed E-state index contributed by atoms with van der Waals surface area (Å²) >= 11 is 0. The van der Waals surface area contributed by atoms with Crippen molar-refractivity contribution in [2.24, 2.45) is 0 Å². The standard InChI is InChI=1S/C15H18N2O3/c1-12(18)14-7-5-13(6-8-14)4-3-9-16-15(19)17-10-11-20-2/h5-8H,9-11H2,1-2H3,(H2,16,17,19). The van der Waals surface area contributed by atoms with E-state index >= 15 is 0 Å². The highest BCUT2D eigenvalue weighted by Crippen LogP contribution is 2.03. The summed E-state index contributed by atoms with van der Waals surface area (Å²) in [4.78, 5) is 22.4. The molecule has 0 spiro atoms. The summed E-state index contributed by atoms with van der Waals surface area (Å²) in [5.74, 6) is 5.77. The lowest BCUT2D eigenvalue weighted by Crippen LogP contribution is -2.37. The molecule has 0 fully saturated rings. The number of ketones is 1. The number of carbonyl (C=O) groups excluding carboxylic acids is 2. The minimum Gasteiger partial charge on any atom is -0.383 e. The van der Waals surface area contributed by atoms with Crippen LogP contribution in [-0.2, 0) is 4.74 Å². The lowest BCUT2D eigenvalue weighted by molar-refractivity contribution is 0.101. The van der Waals surface area contributed by atoms with Crippen LogP contribution in [0.4, 0.5) is 4.79 Å². The largest absolute Gasteiger partial charge is 0.383 e. The second-order valence-corrected chi connectivity index (χ2v) is 4.04. The fraction of sp³-hybridized carbons (Fsp3) is 0.333. The summed E-state index contributed by atoms with van der Waals surface area (Å²) in [7, 11) is 1.57. The molecule has 0 aromatic heterocycles. The van der Waals surface area contributed by atoms with Crippen molar-refractivity contribution in [2.45, 2.75) is 6.92 Å². The molecule has 1 rings (SSSR count). The Bertz CT molecular complexity index is 512. The lowest BCUT2D eigenvalue weighted by atomic mass is 10.1. The highest BCUT2D eigenvalue weighted by Gasteiger charge is 1.97. The van der Waals surface area contributed by atoms with Crippen molar-refractivity contribution in [1.82, 2.24) is 10.6 Å². The molecule has 2 N–H and O–H groups in total. The summed E-state index contributed by atoms with van der Waals surface area (Å²) in [6.07, 6.45) is 0. The maximum absolute atomic E-state index is 11.3. The number of urea groups is 1. The predicted molar refractivity (Wildman–Crippen MR) is 76.6 cm³/mol. The van der Waals surface area contributed by atoms with E-state index in [1.54, 1.807) is 31.4 Å². The minimum atomic E-state index is -0.275. The first kappa shape index (κ1) is 15.7. The van der Waals surface area contributed by atoms with Crippen molar-refractivity contribution in [3.8, 4) is 11.8 Å². The SMILES string of the molecule is COCCNC(=O)NCC#Cc1ccc(C(C)=O)cc1. The van der Waals surface area contributed by atoms with Crippen molar-refractivity contribution in [3.63, 3.8) is 0 Å². The van der Waals surface area contributed by atoms with Crippen molar-refractivity contribution in [2.75, 3.05) is 26.8 Å². The number of carbonyl (C=O) groups is 2. The van der Waals surface area contributed by atoms with Gasteiger partial charge >= 0.3 is 6.03 Å². The number of ether oxygens (including phenoxy) is 1. The Kier molecular flexibility index (Phi) is 6.87. The molecule has 0 atom stereocenters. The van der Waals surface area contributed by atoms with Crippen molar-refractivity contribution in [3.05, 3.63) is 35.4 Å². The second kappa shape index (κ2) is 8.73. The zero-order valence-electron chi connectivity index (χ0n) is 11.7. The Balaban J connectivity index is 2.35. The van der Waals surface area contributed by atoms with Crippen molar-refractivity contribution >= 4 is 11.8 Å². The zero-order chi connectivity index (χ0) is 14.8. The predicted octanol–water partition coefficient (Wildman–Crippen LogP) is 1.19. The molecule has 1 aromatic rings. The number of hydrogen-bond acceptors (Lipinski definition) is 3. The van der Waals surface area contributed by atoms with Gasteiger partial charge in [-0.2, -0.15) is 0 Å². The Labute approximate surface area is 118 Å². The monoisotopic (exact) mass is 274 g/mol. The van der Waals surface area contributed by atoms with E-state index in [1.807, 2.05) is 0 Å². The quantitative estimate of drug-likeness (QED) is 0.481. The van der Waals surface area contributed by atoms with Gasteiger partial charge in [0.1, 0.15) is 0 Å². The van der Waals surface area contributed by atoms with Crippen LogP contribution in [-0.4, -0.2) is 38.6 Å². The van der Waals surface area contributed by atoms with Gasteiger partial charge in [0.05, 0.1) is 13.2 Å². The molecule has 0 saturated heterocycles. The van der Waals surface area contributed by atoms with E-state index in [-0.39, 0.29) is 18.4 Å². The summed E-state index contributed by atoms with van der Waals surface area (Å²) in [6.45, 7) is 2.71. The number of methoxy groups -OCH3 is 1. The molecule has 0 unspecified atom stereocenters. The molecule has 5 nitrogen and oxygen atoms in total. The van der Waals surface area contributed by atoms with Gasteiger partial charge in [0.2, 0.25) is 0 Å². The number of nitrogens with one attached hydrogen (secondary N) is 2. The van der Waals surface area contributed by atoms with Gasteiger partial charge in [-0.3, -0.25) is 4.79 Å². The van der Waals surface area contributed by atoms with E-state index in [4.69, 9.17) is 4.74 Å². The third kappa shape index (κ3) is 6.03. The summed E-state index contributed by atoms with van der Waals surface area (Å²) in [6, 6.07) is 6.75. The van der Waals surface area contributed by atoms with E-state index in [1.165, 1.54) is 6.92 Å². The van der Waals surface area contributed by atoms with Crippen LogP contribution in [0.25, 0.3) is 0 Å². The number of Topliss-reactive ketones (excluding diaryl/α,β-unsaturated/α-hetero) is 1. The molecule has 0 aliphatic carbocycles. The first-order valence-corrected chi connectivity index (χ1v) is 6.24. The number of amides is 2. The second-order valence-electron chi connectivity index (χ2n) is 4.04. The lowest BCUT2D eigenvalue weighted by Gasteiger charge is -2.03. The van der Waals surface area contributed by atoms with Gasteiger partial charge in [0.15, 0.2) is 5.78 Å². The third-order valence-electron chi connectivity index (χ3n) is 2.45. The van der Waals surface area contributed by atoms with E-state index in [2.05, 4.69) is 22.5 Å². The normalized spacial score (nSPS) is 9.30. The molecule has 5 heteroatoms. The van der Waals surface area contributed by atoms with Crippen LogP contribution in [0.2, 0.25) is 0 Å². The van der Waals surface area contributed by atoms with Crippen LogP contribution in [0.1, 0.15) is 22.8 Å². The first-order chi connectivity index (χ1) is 9.63. The molecule has 0 aliphatic heterocycles. The third-order valence-corrected chi connectivity index (χ3v) is 2.45. The van der Waals surface area contributed by atoms with Crippen LogP contribution >= 0.6 is 0 Å². The van der Waals surface area contributed by atoms with E-state index in [0.717, 1.165) is 5.56 Å². The topological polar surface area (TPSA) is 67.4 Å². The highest BCUT2D eigenvalue weighted by molar-refractivity contribution is 5.94. The molecule has 0 heterocycles. The zero-order valence-corrected chi connectivity index (χ0v) is 11.7. The van der Waals surface area contributed by atoms with Gasteiger partial charge in [0.25, 0.3) is 0 Å². The Morgan fingerprint density at radius 2 is 1.90 bits per heavy atom. The molecular weight excluding hydrogens is 256 g/mol. The fourth-order valence-corrected chi connectivity index (χ4v) is 1.39. The molecule has 2 amide bonds. The number of benzene rings is 1. The molecular formula is C15H18N2O3. The Hall–Kier alpha value is -2.32. The molecule has 0 bridgehead atoms. The van der Waals surface area contributed by atoms with Gasteiger partial charge < -0.3 is 15.4 Å². The number of hydrogen-bond donors (Lipinski definition) is 2. The summed E-state index contributed by atoms with van der Waals surface area (Å²) in [5.41, 5.74) is 1.46. The van der Waals surface area contributed by atoms with Crippen molar-refractivity contribution in [1.29, 1.82) is 0 Å². The minimum absolute atomic E-state index is 0.0268. The molecule has 0 aliphatic rings. The molecule has 0 radical (unpaired) electrons. The molecule has 106 valence electrons. The van der Waals surface area contributed by atoms with Crippen LogP contribution in [0, 0.1) is 11.8 Å². The van der Waals surface area contributed by atoms with Gasteiger partial charge in [-0.1, -0.05) is 24.0 Å². The molecule has 1 aromatic carbocycles. The van der Waals surface area contributed by atoms with Gasteiger partial charge in [-0.15, -0.1) is 0 Å². The molecule has 0 saturated carbocycles. The maximum atomic E-state index is 11.3. The van der Waals surface area contributed by atoms with Gasteiger partial charge in [0, 0.05) is 24.8 Å². The molecule has 20 heavy (non-hydrogen) atoms. The smallest absolute Gasteiger partial charge is 0.315 e. The first-order valence-electron chi connectivity index (χ1n) is 6.24. The van der Waals surface area contributed by atoms with Gasteiger partial charge in [-0.25, -0.2) is 4.79 Å². The highest BCUT2D eigenvalue weighted by atomic mass is 16.5.